The molecule has 0 saturated heterocycles. The molecular weight excluding hydrogens is 386 g/mol. The monoisotopic (exact) mass is 405 g/mol. The highest BCUT2D eigenvalue weighted by Gasteiger charge is 2.23. The van der Waals surface area contributed by atoms with Crippen molar-refractivity contribution in [2.75, 3.05) is 22.1 Å². The number of hydrogen-bond acceptors (Lipinski definition) is 2. The third-order valence-electron chi connectivity index (χ3n) is 4.80. The van der Waals surface area contributed by atoms with Crippen molar-refractivity contribution < 1.29 is 9.59 Å². The first-order valence-electron chi connectivity index (χ1n) is 9.43. The van der Waals surface area contributed by atoms with Crippen LogP contribution in [0.15, 0.2) is 72.8 Å². The molecule has 2 N–H and O–H groups in total. The second-order valence-electron chi connectivity index (χ2n) is 6.86. The quantitative estimate of drug-likeness (QED) is 0.597. The van der Waals surface area contributed by atoms with E-state index in [-0.39, 0.29) is 11.9 Å². The Morgan fingerprint density at radius 3 is 2.38 bits per heavy atom. The number of halogens is 1. The maximum atomic E-state index is 12.9. The average Bonchev–Trinajstić information content (AvgIpc) is 2.73. The van der Waals surface area contributed by atoms with E-state index >= 15 is 0 Å². The molecule has 0 saturated carbocycles. The number of amides is 3. The maximum Gasteiger partial charge on any atom is 0.323 e. The van der Waals surface area contributed by atoms with E-state index in [4.69, 9.17) is 11.6 Å². The lowest BCUT2D eigenvalue weighted by molar-refractivity contribution is 0.0985. The summed E-state index contributed by atoms with van der Waals surface area (Å²) in [6.07, 6.45) is 1.74. The molecule has 0 aliphatic carbocycles. The zero-order chi connectivity index (χ0) is 20.2. The lowest BCUT2D eigenvalue weighted by atomic mass is 10.00. The van der Waals surface area contributed by atoms with Gasteiger partial charge in [0.2, 0.25) is 0 Å². The van der Waals surface area contributed by atoms with E-state index < -0.39 is 0 Å². The van der Waals surface area contributed by atoms with Gasteiger partial charge < -0.3 is 15.5 Å². The Morgan fingerprint density at radius 2 is 1.62 bits per heavy atom. The predicted octanol–water partition coefficient (Wildman–Crippen LogP) is 5.58. The summed E-state index contributed by atoms with van der Waals surface area (Å²) in [4.78, 5) is 27.0. The maximum absolute atomic E-state index is 12.9. The van der Waals surface area contributed by atoms with Gasteiger partial charge in [-0.25, -0.2) is 4.79 Å². The Labute approximate surface area is 174 Å². The largest absolute Gasteiger partial charge is 0.323 e. The van der Waals surface area contributed by atoms with Crippen LogP contribution in [0, 0.1) is 0 Å². The van der Waals surface area contributed by atoms with Gasteiger partial charge in [-0.15, -0.1) is 0 Å². The van der Waals surface area contributed by atoms with E-state index in [2.05, 4.69) is 10.6 Å². The fraction of sp³-hybridized carbons (Fsp3) is 0.130. The SMILES string of the molecule is O=C(Nc1cccc(Cl)c1)Nc1ccc2c(c1)CCCN2C(=O)c1ccccc1. The van der Waals surface area contributed by atoms with Crippen molar-refractivity contribution >= 4 is 40.6 Å². The molecule has 5 nitrogen and oxygen atoms in total. The number of carbonyl (C=O) groups excluding carboxylic acids is 2. The minimum absolute atomic E-state index is 0.00837. The number of nitrogens with zero attached hydrogens (tertiary/aromatic N) is 1. The summed E-state index contributed by atoms with van der Waals surface area (Å²) in [5.41, 5.74) is 3.90. The standard InChI is InChI=1S/C23H20ClN3O2/c24-18-9-4-10-19(15-18)25-23(29)26-20-11-12-21-17(14-20)8-5-13-27(21)22(28)16-6-2-1-3-7-16/h1-4,6-7,9-12,14-15H,5,8,13H2,(H2,25,26,29). The number of anilines is 3. The van der Waals surface area contributed by atoms with Crippen LogP contribution in [0.3, 0.4) is 0 Å². The molecule has 0 spiro atoms. The lowest BCUT2D eigenvalue weighted by Crippen LogP contribution is -2.35. The van der Waals surface area contributed by atoms with Crippen LogP contribution in [0.25, 0.3) is 0 Å². The van der Waals surface area contributed by atoms with Gasteiger partial charge >= 0.3 is 6.03 Å². The van der Waals surface area contributed by atoms with Crippen LogP contribution in [0.5, 0.6) is 0 Å². The van der Waals surface area contributed by atoms with E-state index in [1.807, 2.05) is 53.4 Å². The van der Waals surface area contributed by atoms with E-state index in [1.165, 1.54) is 0 Å². The molecule has 1 aliphatic heterocycles. The fourth-order valence-corrected chi connectivity index (χ4v) is 3.67. The fourth-order valence-electron chi connectivity index (χ4n) is 3.48. The molecule has 0 unspecified atom stereocenters. The van der Waals surface area contributed by atoms with E-state index in [1.54, 1.807) is 24.3 Å². The Kier molecular flexibility index (Phi) is 5.49. The number of fused-ring (bicyclic) bond motifs is 1. The van der Waals surface area contributed by atoms with E-state index in [9.17, 15) is 9.59 Å². The van der Waals surface area contributed by atoms with Crippen LogP contribution in [-0.2, 0) is 6.42 Å². The molecule has 6 heteroatoms. The number of rotatable bonds is 3. The second-order valence-corrected chi connectivity index (χ2v) is 7.30. The van der Waals surface area contributed by atoms with Crippen LogP contribution in [0.2, 0.25) is 5.02 Å². The summed E-state index contributed by atoms with van der Waals surface area (Å²) in [7, 11) is 0. The van der Waals surface area contributed by atoms with E-state index in [0.29, 0.717) is 28.5 Å². The van der Waals surface area contributed by atoms with E-state index in [0.717, 1.165) is 24.1 Å². The van der Waals surface area contributed by atoms with Crippen LogP contribution in [0.1, 0.15) is 22.3 Å². The van der Waals surface area contributed by atoms with Gasteiger partial charge in [0.1, 0.15) is 0 Å². The molecule has 3 aromatic rings. The molecule has 29 heavy (non-hydrogen) atoms. The van der Waals surface area contributed by atoms with Gasteiger partial charge in [0, 0.05) is 34.2 Å². The molecule has 1 heterocycles. The number of urea groups is 1. The predicted molar refractivity (Wildman–Crippen MR) is 117 cm³/mol. The highest BCUT2D eigenvalue weighted by molar-refractivity contribution is 6.30. The summed E-state index contributed by atoms with van der Waals surface area (Å²) >= 11 is 5.95. The molecule has 3 amide bonds. The number of hydrogen-bond donors (Lipinski definition) is 2. The third kappa shape index (κ3) is 4.41. The first kappa shape index (κ1) is 19.0. The van der Waals surface area contributed by atoms with Crippen molar-refractivity contribution in [2.45, 2.75) is 12.8 Å². The smallest absolute Gasteiger partial charge is 0.308 e. The summed E-state index contributed by atoms with van der Waals surface area (Å²) in [5.74, 6) is -0.00837. The zero-order valence-electron chi connectivity index (χ0n) is 15.7. The molecule has 4 rings (SSSR count). The van der Waals surface area contributed by atoms with Gasteiger partial charge in [0.05, 0.1) is 0 Å². The second kappa shape index (κ2) is 8.37. The molecule has 0 atom stereocenters. The van der Waals surface area contributed by atoms with Crippen molar-refractivity contribution in [3.8, 4) is 0 Å². The number of nitrogens with one attached hydrogen (secondary N) is 2. The molecular formula is C23H20ClN3O2. The van der Waals surface area contributed by atoms with Crippen molar-refractivity contribution in [1.82, 2.24) is 0 Å². The molecule has 146 valence electrons. The van der Waals surface area contributed by atoms with Gasteiger partial charge in [-0.3, -0.25) is 4.79 Å². The van der Waals surface area contributed by atoms with Gasteiger partial charge in [0.15, 0.2) is 0 Å². The van der Waals surface area contributed by atoms with Gasteiger partial charge in [0.25, 0.3) is 5.91 Å². The number of carbonyl (C=O) groups is 2. The number of aryl methyl sites for hydroxylation is 1. The molecule has 1 aliphatic rings. The van der Waals surface area contributed by atoms with Gasteiger partial charge in [-0.05, 0) is 66.9 Å². The first-order chi connectivity index (χ1) is 14.1. The van der Waals surface area contributed by atoms with Crippen molar-refractivity contribution in [3.63, 3.8) is 0 Å². The minimum atomic E-state index is -0.347. The van der Waals surface area contributed by atoms with Crippen LogP contribution in [-0.4, -0.2) is 18.5 Å². The highest BCUT2D eigenvalue weighted by atomic mass is 35.5. The molecule has 3 aromatic carbocycles. The Balaban J connectivity index is 1.49. The Morgan fingerprint density at radius 1 is 0.862 bits per heavy atom. The van der Waals surface area contributed by atoms with Crippen LogP contribution < -0.4 is 15.5 Å². The Hall–Kier alpha value is -3.31. The Bertz CT molecular complexity index is 1050. The lowest BCUT2D eigenvalue weighted by Gasteiger charge is -2.30. The first-order valence-corrected chi connectivity index (χ1v) is 9.81. The summed E-state index contributed by atoms with van der Waals surface area (Å²) in [6, 6.07) is 21.5. The van der Waals surface area contributed by atoms with Crippen molar-refractivity contribution in [2.24, 2.45) is 0 Å². The molecule has 0 radical (unpaired) electrons. The summed E-state index contributed by atoms with van der Waals surface area (Å²) in [5, 5.41) is 6.16. The molecule has 0 fully saturated rings. The van der Waals surface area contributed by atoms with Crippen molar-refractivity contribution in [1.29, 1.82) is 0 Å². The van der Waals surface area contributed by atoms with Crippen molar-refractivity contribution in [3.05, 3.63) is 88.9 Å². The average molecular weight is 406 g/mol. The topological polar surface area (TPSA) is 61.4 Å². The molecule has 0 bridgehead atoms. The minimum Gasteiger partial charge on any atom is -0.308 e. The third-order valence-corrected chi connectivity index (χ3v) is 5.04. The highest BCUT2D eigenvalue weighted by Crippen LogP contribution is 2.31. The van der Waals surface area contributed by atoms with Crippen LogP contribution in [0.4, 0.5) is 21.9 Å². The molecule has 0 aromatic heterocycles. The van der Waals surface area contributed by atoms with Gasteiger partial charge in [-0.1, -0.05) is 35.9 Å². The zero-order valence-corrected chi connectivity index (χ0v) is 16.4. The van der Waals surface area contributed by atoms with Crippen LogP contribution >= 0.6 is 11.6 Å². The summed E-state index contributed by atoms with van der Waals surface area (Å²) < 4.78 is 0. The summed E-state index contributed by atoms with van der Waals surface area (Å²) in [6.45, 7) is 0.683. The normalized spacial score (nSPS) is 12.8. The number of benzene rings is 3. The van der Waals surface area contributed by atoms with Gasteiger partial charge in [-0.2, -0.15) is 0 Å².